The Balaban J connectivity index is 2.38. The molecular formula is C10H10F2N2S. The standard InChI is InChI=1S/C10H10F2N2S/c1-2-3-13-10-14-8-4-6(11)7(12)5-9(8)15-10/h4-5H,2-3H2,1H3,(H,13,14). The van der Waals surface area contributed by atoms with Gasteiger partial charge in [0.25, 0.3) is 0 Å². The molecule has 1 N–H and O–H groups in total. The minimum Gasteiger partial charge on any atom is -0.361 e. The molecule has 1 aromatic carbocycles. The largest absolute Gasteiger partial charge is 0.361 e. The lowest BCUT2D eigenvalue weighted by Gasteiger charge is -1.95. The molecule has 0 unspecified atom stereocenters. The predicted molar refractivity (Wildman–Crippen MR) is 58.3 cm³/mol. The third-order valence-electron chi connectivity index (χ3n) is 1.96. The zero-order valence-corrected chi connectivity index (χ0v) is 9.00. The van der Waals surface area contributed by atoms with Crippen molar-refractivity contribution in [1.82, 2.24) is 4.98 Å². The highest BCUT2D eigenvalue weighted by atomic mass is 32.1. The van der Waals surface area contributed by atoms with Crippen molar-refractivity contribution >= 4 is 26.7 Å². The minimum absolute atomic E-state index is 0.498. The van der Waals surface area contributed by atoms with Gasteiger partial charge in [-0.3, -0.25) is 0 Å². The number of nitrogens with zero attached hydrogens (tertiary/aromatic N) is 1. The maximum Gasteiger partial charge on any atom is 0.183 e. The van der Waals surface area contributed by atoms with Crippen LogP contribution in [0.5, 0.6) is 0 Å². The number of anilines is 1. The molecule has 0 radical (unpaired) electrons. The van der Waals surface area contributed by atoms with E-state index in [0.29, 0.717) is 15.3 Å². The first-order valence-electron chi connectivity index (χ1n) is 4.70. The topological polar surface area (TPSA) is 24.9 Å². The summed E-state index contributed by atoms with van der Waals surface area (Å²) < 4.78 is 26.4. The molecule has 2 nitrogen and oxygen atoms in total. The average Bonchev–Trinajstić information content (AvgIpc) is 2.58. The van der Waals surface area contributed by atoms with E-state index in [1.807, 2.05) is 6.92 Å². The summed E-state index contributed by atoms with van der Waals surface area (Å²) in [6.45, 7) is 2.85. The van der Waals surface area contributed by atoms with Crippen LogP contribution >= 0.6 is 11.3 Å². The Morgan fingerprint density at radius 2 is 2.07 bits per heavy atom. The van der Waals surface area contributed by atoms with Crippen LogP contribution in [0.1, 0.15) is 13.3 Å². The molecule has 0 aliphatic carbocycles. The van der Waals surface area contributed by atoms with Crippen molar-refractivity contribution in [1.29, 1.82) is 0 Å². The first kappa shape index (κ1) is 10.3. The lowest BCUT2D eigenvalue weighted by atomic mass is 10.3. The van der Waals surface area contributed by atoms with E-state index < -0.39 is 11.6 Å². The van der Waals surface area contributed by atoms with E-state index in [4.69, 9.17) is 0 Å². The highest BCUT2D eigenvalue weighted by molar-refractivity contribution is 7.22. The molecule has 0 saturated heterocycles. The fourth-order valence-electron chi connectivity index (χ4n) is 1.23. The number of aromatic nitrogens is 1. The molecule has 0 fully saturated rings. The molecule has 0 spiro atoms. The van der Waals surface area contributed by atoms with E-state index in [9.17, 15) is 8.78 Å². The Kier molecular flexibility index (Phi) is 2.81. The predicted octanol–water partition coefficient (Wildman–Crippen LogP) is 3.40. The fourth-order valence-corrected chi connectivity index (χ4v) is 2.13. The quantitative estimate of drug-likeness (QED) is 0.870. The van der Waals surface area contributed by atoms with Gasteiger partial charge in [-0.1, -0.05) is 18.3 Å². The van der Waals surface area contributed by atoms with E-state index in [-0.39, 0.29) is 0 Å². The number of hydrogen-bond acceptors (Lipinski definition) is 3. The summed E-state index contributed by atoms with van der Waals surface area (Å²) in [6.07, 6.45) is 0.985. The Morgan fingerprint density at radius 1 is 1.33 bits per heavy atom. The van der Waals surface area contributed by atoms with E-state index >= 15 is 0 Å². The number of benzene rings is 1. The van der Waals surface area contributed by atoms with Gasteiger partial charge in [-0.05, 0) is 12.5 Å². The van der Waals surface area contributed by atoms with Crippen LogP contribution in [0, 0.1) is 11.6 Å². The van der Waals surface area contributed by atoms with Crippen molar-refractivity contribution in [2.24, 2.45) is 0 Å². The summed E-state index contributed by atoms with van der Waals surface area (Å²) in [5.41, 5.74) is 0.498. The molecule has 15 heavy (non-hydrogen) atoms. The number of fused-ring (bicyclic) bond motifs is 1. The van der Waals surface area contributed by atoms with Gasteiger partial charge in [0.05, 0.1) is 10.2 Å². The van der Waals surface area contributed by atoms with Crippen LogP contribution in [0.4, 0.5) is 13.9 Å². The second-order valence-electron chi connectivity index (χ2n) is 3.18. The molecule has 0 amide bonds. The molecule has 1 heterocycles. The third kappa shape index (κ3) is 2.07. The Bertz CT molecular complexity index is 442. The van der Waals surface area contributed by atoms with Crippen LogP contribution in [0.2, 0.25) is 0 Å². The Hall–Kier alpha value is -1.23. The van der Waals surface area contributed by atoms with Gasteiger partial charge < -0.3 is 5.32 Å². The second-order valence-corrected chi connectivity index (χ2v) is 4.21. The van der Waals surface area contributed by atoms with Gasteiger partial charge in [0, 0.05) is 12.6 Å². The number of halogens is 2. The monoisotopic (exact) mass is 228 g/mol. The van der Waals surface area contributed by atoms with Gasteiger partial charge in [-0.15, -0.1) is 0 Å². The van der Waals surface area contributed by atoms with E-state index in [0.717, 1.165) is 19.0 Å². The molecule has 0 atom stereocenters. The van der Waals surface area contributed by atoms with Gasteiger partial charge in [-0.25, -0.2) is 13.8 Å². The van der Waals surface area contributed by atoms with Gasteiger partial charge in [0.1, 0.15) is 0 Å². The van der Waals surface area contributed by atoms with Crippen LogP contribution in [0.25, 0.3) is 10.2 Å². The highest BCUT2D eigenvalue weighted by Crippen LogP contribution is 2.27. The summed E-state index contributed by atoms with van der Waals surface area (Å²) in [5, 5.41) is 3.79. The SMILES string of the molecule is CCCNc1nc2cc(F)c(F)cc2s1. The third-order valence-corrected chi connectivity index (χ3v) is 2.93. The molecule has 0 aliphatic heterocycles. The van der Waals surface area contributed by atoms with Gasteiger partial charge in [-0.2, -0.15) is 0 Å². The van der Waals surface area contributed by atoms with Crippen LogP contribution in [-0.2, 0) is 0 Å². The molecule has 2 aromatic rings. The highest BCUT2D eigenvalue weighted by Gasteiger charge is 2.08. The Morgan fingerprint density at radius 3 is 2.80 bits per heavy atom. The lowest BCUT2D eigenvalue weighted by Crippen LogP contribution is -1.98. The maximum atomic E-state index is 12.9. The zero-order chi connectivity index (χ0) is 10.8. The molecule has 5 heteroatoms. The molecule has 0 aliphatic rings. The summed E-state index contributed by atoms with van der Waals surface area (Å²) in [4.78, 5) is 4.15. The van der Waals surface area contributed by atoms with Crippen molar-refractivity contribution in [2.45, 2.75) is 13.3 Å². The number of thiazole rings is 1. The second kappa shape index (κ2) is 4.10. The summed E-state index contributed by atoms with van der Waals surface area (Å²) >= 11 is 1.33. The van der Waals surface area contributed by atoms with Crippen molar-refractivity contribution in [3.8, 4) is 0 Å². The summed E-state index contributed by atoms with van der Waals surface area (Å²) in [7, 11) is 0. The molecule has 0 bridgehead atoms. The van der Waals surface area contributed by atoms with Crippen molar-refractivity contribution in [2.75, 3.05) is 11.9 Å². The summed E-state index contributed by atoms with van der Waals surface area (Å²) in [5.74, 6) is -1.68. The van der Waals surface area contributed by atoms with E-state index in [1.54, 1.807) is 0 Å². The van der Waals surface area contributed by atoms with Crippen molar-refractivity contribution in [3.05, 3.63) is 23.8 Å². The summed E-state index contributed by atoms with van der Waals surface area (Å²) in [6, 6.07) is 2.30. The normalized spacial score (nSPS) is 10.9. The van der Waals surface area contributed by atoms with Crippen LogP contribution < -0.4 is 5.32 Å². The molecular weight excluding hydrogens is 218 g/mol. The smallest absolute Gasteiger partial charge is 0.183 e. The van der Waals surface area contributed by atoms with Crippen LogP contribution in [-0.4, -0.2) is 11.5 Å². The van der Waals surface area contributed by atoms with Gasteiger partial charge in [0.15, 0.2) is 16.8 Å². The molecule has 0 saturated carbocycles. The van der Waals surface area contributed by atoms with Gasteiger partial charge >= 0.3 is 0 Å². The lowest BCUT2D eigenvalue weighted by molar-refractivity contribution is 0.511. The number of nitrogens with one attached hydrogen (secondary N) is 1. The van der Waals surface area contributed by atoms with Crippen molar-refractivity contribution < 1.29 is 8.78 Å². The van der Waals surface area contributed by atoms with Crippen LogP contribution in [0.15, 0.2) is 12.1 Å². The maximum absolute atomic E-state index is 12.9. The Labute approximate surface area is 89.9 Å². The first-order valence-corrected chi connectivity index (χ1v) is 5.52. The number of rotatable bonds is 3. The van der Waals surface area contributed by atoms with E-state index in [1.165, 1.54) is 17.4 Å². The fraction of sp³-hybridized carbons (Fsp3) is 0.300. The molecule has 1 aromatic heterocycles. The number of hydrogen-bond donors (Lipinski definition) is 1. The average molecular weight is 228 g/mol. The van der Waals surface area contributed by atoms with Crippen molar-refractivity contribution in [3.63, 3.8) is 0 Å². The molecule has 2 rings (SSSR count). The minimum atomic E-state index is -0.852. The molecule has 80 valence electrons. The first-order chi connectivity index (χ1) is 7.20. The van der Waals surface area contributed by atoms with Crippen LogP contribution in [0.3, 0.4) is 0 Å². The van der Waals surface area contributed by atoms with E-state index in [2.05, 4.69) is 10.3 Å². The zero-order valence-electron chi connectivity index (χ0n) is 8.18. The van der Waals surface area contributed by atoms with Gasteiger partial charge in [0.2, 0.25) is 0 Å².